The third kappa shape index (κ3) is 5.08. The molecule has 1 N–H and O–H groups in total. The Morgan fingerprint density at radius 2 is 1.73 bits per heavy atom. The molecular weight excluding hydrogens is 511 g/mol. The summed E-state index contributed by atoms with van der Waals surface area (Å²) in [4.78, 5) is 30.6. The van der Waals surface area contributed by atoms with Gasteiger partial charge in [0.05, 0.1) is 17.1 Å². The van der Waals surface area contributed by atoms with E-state index in [2.05, 4.69) is 15.4 Å². The molecule has 40 heavy (non-hydrogen) atoms. The molecule has 0 aliphatic rings. The number of anilines is 1. The number of halogens is 1. The summed E-state index contributed by atoms with van der Waals surface area (Å²) in [6.45, 7) is -0.288. The highest BCUT2D eigenvalue weighted by atomic mass is 19.1. The molecule has 0 atom stereocenters. The van der Waals surface area contributed by atoms with E-state index in [0.29, 0.717) is 39.2 Å². The maximum Gasteiger partial charge on any atom is 0.282 e. The Bertz CT molecular complexity index is 1910. The molecule has 0 radical (unpaired) electrons. The first-order chi connectivity index (χ1) is 19.5. The smallest absolute Gasteiger partial charge is 0.282 e. The number of nitrogens with one attached hydrogen (secondary N) is 1. The van der Waals surface area contributed by atoms with Crippen LogP contribution in [0.4, 0.5) is 10.1 Å². The molecule has 0 unspecified atom stereocenters. The molecule has 0 fully saturated rings. The third-order valence-corrected chi connectivity index (χ3v) is 6.12. The predicted molar refractivity (Wildman–Crippen MR) is 151 cm³/mol. The fourth-order valence-corrected chi connectivity index (χ4v) is 4.19. The first-order valence-electron chi connectivity index (χ1n) is 12.4. The van der Waals surface area contributed by atoms with E-state index in [9.17, 15) is 14.0 Å². The lowest BCUT2D eigenvalue weighted by atomic mass is 10.2. The SMILES string of the molecule is O=C(COc1ccccc1C=Nn1c(-c2cc3ccccc3o2)nc2ccccc2c1=O)Nc1ccc(F)cc1. The van der Waals surface area contributed by atoms with Crippen molar-refractivity contribution in [3.05, 3.63) is 125 Å². The van der Waals surface area contributed by atoms with Crippen LogP contribution in [0.25, 0.3) is 33.5 Å². The molecule has 0 spiro atoms. The summed E-state index contributed by atoms with van der Waals surface area (Å²) in [5.74, 6) is 0.205. The van der Waals surface area contributed by atoms with Crippen molar-refractivity contribution in [1.82, 2.24) is 9.66 Å². The molecule has 6 rings (SSSR count). The van der Waals surface area contributed by atoms with Crippen LogP contribution in [0.5, 0.6) is 5.75 Å². The molecule has 9 heteroatoms. The van der Waals surface area contributed by atoms with Gasteiger partial charge in [0.25, 0.3) is 11.5 Å². The molecule has 2 aromatic heterocycles. The van der Waals surface area contributed by atoms with Gasteiger partial charge >= 0.3 is 0 Å². The van der Waals surface area contributed by atoms with E-state index >= 15 is 0 Å². The lowest BCUT2D eigenvalue weighted by Gasteiger charge is -2.10. The largest absolute Gasteiger partial charge is 0.483 e. The summed E-state index contributed by atoms with van der Waals surface area (Å²) in [5.41, 5.74) is 1.80. The van der Waals surface area contributed by atoms with Crippen molar-refractivity contribution < 1.29 is 18.3 Å². The Labute approximate surface area is 227 Å². The monoisotopic (exact) mass is 532 g/mol. The van der Waals surface area contributed by atoms with Gasteiger partial charge < -0.3 is 14.5 Å². The van der Waals surface area contributed by atoms with E-state index in [1.165, 1.54) is 35.2 Å². The number of carbonyl (C=O) groups is 1. The van der Waals surface area contributed by atoms with Crippen LogP contribution < -0.4 is 15.6 Å². The fraction of sp³-hybridized carbons (Fsp3) is 0.0323. The van der Waals surface area contributed by atoms with Gasteiger partial charge in [-0.1, -0.05) is 42.5 Å². The van der Waals surface area contributed by atoms with Gasteiger partial charge in [0, 0.05) is 16.6 Å². The van der Waals surface area contributed by atoms with Gasteiger partial charge in [-0.2, -0.15) is 9.78 Å². The highest BCUT2D eigenvalue weighted by Crippen LogP contribution is 2.27. The number of hydrogen-bond acceptors (Lipinski definition) is 6. The zero-order chi connectivity index (χ0) is 27.5. The Balaban J connectivity index is 1.32. The van der Waals surface area contributed by atoms with Gasteiger partial charge in [-0.3, -0.25) is 9.59 Å². The van der Waals surface area contributed by atoms with Crippen molar-refractivity contribution in [2.75, 3.05) is 11.9 Å². The summed E-state index contributed by atoms with van der Waals surface area (Å²) in [5, 5.41) is 8.40. The number of benzene rings is 4. The minimum atomic E-state index is -0.416. The molecule has 0 saturated heterocycles. The maximum atomic E-state index is 13.5. The molecule has 2 heterocycles. The second-order valence-corrected chi connectivity index (χ2v) is 8.84. The molecule has 0 bridgehead atoms. The van der Waals surface area contributed by atoms with Crippen LogP contribution in [0.2, 0.25) is 0 Å². The van der Waals surface area contributed by atoms with E-state index in [0.717, 1.165) is 5.39 Å². The number of furan rings is 1. The number of hydrogen-bond donors (Lipinski definition) is 1. The number of carbonyl (C=O) groups excluding carboxylic acids is 1. The molecule has 8 nitrogen and oxygen atoms in total. The number of amides is 1. The van der Waals surface area contributed by atoms with Crippen molar-refractivity contribution >= 4 is 39.7 Å². The van der Waals surface area contributed by atoms with Crippen LogP contribution in [0, 0.1) is 5.82 Å². The number of rotatable bonds is 7. The second-order valence-electron chi connectivity index (χ2n) is 8.84. The van der Waals surface area contributed by atoms with Crippen LogP contribution in [0.15, 0.2) is 117 Å². The van der Waals surface area contributed by atoms with Crippen LogP contribution in [0.1, 0.15) is 5.56 Å². The molecule has 0 aliphatic heterocycles. The minimum absolute atomic E-state index is 0.244. The molecule has 196 valence electrons. The fourth-order valence-electron chi connectivity index (χ4n) is 4.19. The number of para-hydroxylation sites is 3. The molecule has 0 aliphatic carbocycles. The molecule has 0 saturated carbocycles. The van der Waals surface area contributed by atoms with Crippen molar-refractivity contribution in [2.24, 2.45) is 5.10 Å². The van der Waals surface area contributed by atoms with E-state index in [1.54, 1.807) is 42.5 Å². The zero-order valence-corrected chi connectivity index (χ0v) is 21.0. The van der Waals surface area contributed by atoms with Gasteiger partial charge in [0.15, 0.2) is 12.4 Å². The number of nitrogens with zero attached hydrogens (tertiary/aromatic N) is 3. The van der Waals surface area contributed by atoms with Crippen molar-refractivity contribution in [3.8, 4) is 17.3 Å². The highest BCUT2D eigenvalue weighted by molar-refractivity contribution is 5.92. The quantitative estimate of drug-likeness (QED) is 0.260. The molecular formula is C31H21FN4O4. The first kappa shape index (κ1) is 24.7. The van der Waals surface area contributed by atoms with E-state index < -0.39 is 11.7 Å². The Hall–Kier alpha value is -5.57. The normalized spacial score (nSPS) is 11.3. The first-order valence-corrected chi connectivity index (χ1v) is 12.4. The summed E-state index contributed by atoms with van der Waals surface area (Å²) in [6.07, 6.45) is 1.47. The predicted octanol–water partition coefficient (Wildman–Crippen LogP) is 5.85. The Kier molecular flexibility index (Phi) is 6.60. The topological polar surface area (TPSA) is 98.7 Å². The number of aromatic nitrogens is 2. The standard InChI is InChI=1S/C31H21FN4O4/c32-22-13-15-23(16-14-22)34-29(37)19-39-26-11-5-2-8-21(26)18-33-36-30(28-17-20-7-1-6-12-27(20)40-28)35-25-10-4-3-9-24(25)31(36)38/h1-18H,19H2,(H,34,37). The zero-order valence-electron chi connectivity index (χ0n) is 21.0. The molecule has 6 aromatic rings. The third-order valence-electron chi connectivity index (χ3n) is 6.12. The van der Waals surface area contributed by atoms with E-state index in [1.807, 2.05) is 36.4 Å². The lowest BCUT2D eigenvalue weighted by molar-refractivity contribution is -0.118. The van der Waals surface area contributed by atoms with Crippen LogP contribution in [-0.4, -0.2) is 28.4 Å². The lowest BCUT2D eigenvalue weighted by Crippen LogP contribution is -2.21. The average molecular weight is 533 g/mol. The highest BCUT2D eigenvalue weighted by Gasteiger charge is 2.16. The minimum Gasteiger partial charge on any atom is -0.483 e. The van der Waals surface area contributed by atoms with E-state index in [-0.39, 0.29) is 18.0 Å². The Morgan fingerprint density at radius 3 is 2.58 bits per heavy atom. The van der Waals surface area contributed by atoms with Gasteiger partial charge in [-0.15, -0.1) is 0 Å². The summed E-state index contributed by atoms with van der Waals surface area (Å²) < 4.78 is 26.1. The van der Waals surface area contributed by atoms with Gasteiger partial charge in [-0.25, -0.2) is 9.37 Å². The number of ether oxygens (including phenoxy) is 1. The Morgan fingerprint density at radius 1 is 0.975 bits per heavy atom. The maximum absolute atomic E-state index is 13.5. The van der Waals surface area contributed by atoms with Crippen molar-refractivity contribution in [2.45, 2.75) is 0 Å². The summed E-state index contributed by atoms with van der Waals surface area (Å²) in [7, 11) is 0. The average Bonchev–Trinajstić information content (AvgIpc) is 3.41. The molecule has 1 amide bonds. The van der Waals surface area contributed by atoms with Gasteiger partial charge in [0.2, 0.25) is 5.82 Å². The van der Waals surface area contributed by atoms with Crippen molar-refractivity contribution in [1.29, 1.82) is 0 Å². The van der Waals surface area contributed by atoms with Crippen molar-refractivity contribution in [3.63, 3.8) is 0 Å². The van der Waals surface area contributed by atoms with Gasteiger partial charge in [-0.05, 0) is 60.7 Å². The van der Waals surface area contributed by atoms with E-state index in [4.69, 9.17) is 9.15 Å². The van der Waals surface area contributed by atoms with Crippen LogP contribution >= 0.6 is 0 Å². The van der Waals surface area contributed by atoms with Crippen LogP contribution in [-0.2, 0) is 4.79 Å². The second kappa shape index (κ2) is 10.7. The van der Waals surface area contributed by atoms with Crippen LogP contribution in [0.3, 0.4) is 0 Å². The molecule has 4 aromatic carbocycles. The summed E-state index contributed by atoms with van der Waals surface area (Å²) in [6, 6.07) is 28.8. The summed E-state index contributed by atoms with van der Waals surface area (Å²) >= 11 is 0. The van der Waals surface area contributed by atoms with Gasteiger partial charge in [0.1, 0.15) is 17.1 Å². The number of fused-ring (bicyclic) bond motifs is 2.